The first-order valence-electron chi connectivity index (χ1n) is 8.52. The number of nitrogens with one attached hydrogen (secondary N) is 1. The molecule has 0 spiro atoms. The first kappa shape index (κ1) is 13.8. The van der Waals surface area contributed by atoms with Crippen molar-refractivity contribution in [2.24, 2.45) is 11.8 Å². The average molecular weight is 293 g/mol. The van der Waals surface area contributed by atoms with Crippen molar-refractivity contribution in [1.82, 2.24) is 9.88 Å². The maximum atomic E-state index is 9.28. The first-order valence-corrected chi connectivity index (χ1v) is 8.52. The summed E-state index contributed by atoms with van der Waals surface area (Å²) in [6, 6.07) is 11.5. The number of aromatic nitrogens is 1. The lowest BCUT2D eigenvalue weighted by atomic mass is 9.76. The van der Waals surface area contributed by atoms with Crippen molar-refractivity contribution in [3.63, 3.8) is 0 Å². The van der Waals surface area contributed by atoms with E-state index < -0.39 is 0 Å². The standard InChI is InChI=1S/C19H23N3/c1-2-13-11-14(7-9-20)19-18-16(8-10-22(19)12-13)15-5-3-4-6-17(15)21-18/h3-6,13-14,19,21H,2,7-8,10-12H2,1H3/t13-,14+,19-/m1/s1. The molecule has 0 unspecified atom stereocenters. The third kappa shape index (κ3) is 2.06. The van der Waals surface area contributed by atoms with Crippen LogP contribution in [0.4, 0.5) is 0 Å². The predicted octanol–water partition coefficient (Wildman–Crippen LogP) is 4.03. The van der Waals surface area contributed by atoms with Gasteiger partial charge in [0.25, 0.3) is 0 Å². The number of fused-ring (bicyclic) bond motifs is 5. The van der Waals surface area contributed by atoms with Crippen molar-refractivity contribution < 1.29 is 0 Å². The molecule has 2 aliphatic rings. The lowest BCUT2D eigenvalue weighted by molar-refractivity contribution is 0.0450. The number of rotatable bonds is 2. The number of benzene rings is 1. The number of nitriles is 1. The molecule has 22 heavy (non-hydrogen) atoms. The molecule has 3 atom stereocenters. The van der Waals surface area contributed by atoms with Crippen LogP contribution >= 0.6 is 0 Å². The van der Waals surface area contributed by atoms with Crippen LogP contribution in [0.15, 0.2) is 24.3 Å². The number of para-hydroxylation sites is 1. The van der Waals surface area contributed by atoms with E-state index in [1.807, 2.05) is 0 Å². The van der Waals surface area contributed by atoms with Gasteiger partial charge in [-0.1, -0.05) is 31.5 Å². The number of H-pyrrole nitrogens is 1. The number of piperidine rings is 1. The Morgan fingerprint density at radius 1 is 1.36 bits per heavy atom. The van der Waals surface area contributed by atoms with Crippen LogP contribution in [0, 0.1) is 23.2 Å². The van der Waals surface area contributed by atoms with E-state index in [1.54, 1.807) is 0 Å². The third-order valence-corrected chi connectivity index (χ3v) is 5.69. The Labute approximate surface area is 131 Å². The Hall–Kier alpha value is -1.79. The van der Waals surface area contributed by atoms with Crippen molar-refractivity contribution >= 4 is 10.9 Å². The number of hydrogen-bond donors (Lipinski definition) is 1. The summed E-state index contributed by atoms with van der Waals surface area (Å²) in [5.74, 6) is 1.22. The highest BCUT2D eigenvalue weighted by Gasteiger charge is 2.40. The first-order chi connectivity index (χ1) is 10.8. The van der Waals surface area contributed by atoms with Gasteiger partial charge in [0, 0.05) is 36.1 Å². The van der Waals surface area contributed by atoms with Gasteiger partial charge >= 0.3 is 0 Å². The zero-order valence-corrected chi connectivity index (χ0v) is 13.2. The van der Waals surface area contributed by atoms with Crippen molar-refractivity contribution in [3.05, 3.63) is 35.5 Å². The van der Waals surface area contributed by atoms with E-state index in [9.17, 15) is 5.26 Å². The van der Waals surface area contributed by atoms with Gasteiger partial charge in [0.15, 0.2) is 0 Å². The molecule has 4 rings (SSSR count). The largest absolute Gasteiger partial charge is 0.357 e. The maximum Gasteiger partial charge on any atom is 0.0625 e. The minimum atomic E-state index is 0.415. The van der Waals surface area contributed by atoms with Crippen LogP contribution in [-0.4, -0.2) is 23.0 Å². The van der Waals surface area contributed by atoms with Crippen LogP contribution in [0.25, 0.3) is 10.9 Å². The highest BCUT2D eigenvalue weighted by atomic mass is 15.2. The Kier molecular flexibility index (Phi) is 3.43. The van der Waals surface area contributed by atoms with Gasteiger partial charge < -0.3 is 4.98 Å². The quantitative estimate of drug-likeness (QED) is 0.908. The fourth-order valence-corrected chi connectivity index (χ4v) is 4.63. The summed E-state index contributed by atoms with van der Waals surface area (Å²) >= 11 is 0. The number of hydrogen-bond acceptors (Lipinski definition) is 2. The van der Waals surface area contributed by atoms with E-state index in [-0.39, 0.29) is 0 Å². The van der Waals surface area contributed by atoms with E-state index in [0.29, 0.717) is 18.4 Å². The summed E-state index contributed by atoms with van der Waals surface area (Å²) in [5, 5.41) is 10.7. The van der Waals surface area contributed by atoms with Crippen molar-refractivity contribution in [2.45, 2.75) is 38.6 Å². The normalized spacial score (nSPS) is 28.1. The summed E-state index contributed by atoms with van der Waals surface area (Å²) < 4.78 is 0. The number of nitrogens with zero attached hydrogens (tertiary/aromatic N) is 2. The molecular formula is C19H23N3. The molecule has 1 aromatic carbocycles. The summed E-state index contributed by atoms with van der Waals surface area (Å²) in [6.07, 6.45) is 4.22. The van der Waals surface area contributed by atoms with Gasteiger partial charge in [-0.2, -0.15) is 5.26 Å². The highest BCUT2D eigenvalue weighted by molar-refractivity contribution is 5.85. The van der Waals surface area contributed by atoms with Crippen molar-refractivity contribution in [2.75, 3.05) is 13.1 Å². The van der Waals surface area contributed by atoms with Crippen molar-refractivity contribution in [1.29, 1.82) is 5.26 Å². The molecule has 0 bridgehead atoms. The van der Waals surface area contributed by atoms with Gasteiger partial charge in [-0.25, -0.2) is 0 Å². The zero-order chi connectivity index (χ0) is 15.1. The maximum absolute atomic E-state index is 9.28. The summed E-state index contributed by atoms with van der Waals surface area (Å²) in [4.78, 5) is 6.32. The molecule has 0 amide bonds. The molecule has 0 radical (unpaired) electrons. The van der Waals surface area contributed by atoms with E-state index in [0.717, 1.165) is 18.9 Å². The zero-order valence-electron chi connectivity index (χ0n) is 13.2. The summed E-state index contributed by atoms with van der Waals surface area (Å²) in [7, 11) is 0. The SMILES string of the molecule is CC[C@@H]1C[C@H](CC#N)[C@@H]2c3[nH]c4ccccc4c3CCN2C1. The monoisotopic (exact) mass is 293 g/mol. The van der Waals surface area contributed by atoms with Gasteiger partial charge in [-0.3, -0.25) is 4.90 Å². The molecule has 0 aliphatic carbocycles. The second-order valence-corrected chi connectivity index (χ2v) is 6.88. The number of aromatic amines is 1. The van der Waals surface area contributed by atoms with Gasteiger partial charge in [0.05, 0.1) is 12.1 Å². The van der Waals surface area contributed by atoms with E-state index in [4.69, 9.17) is 0 Å². The minimum absolute atomic E-state index is 0.415. The Balaban J connectivity index is 1.79. The smallest absolute Gasteiger partial charge is 0.0625 e. The molecule has 1 saturated heterocycles. The second kappa shape index (κ2) is 5.44. The molecule has 3 heteroatoms. The molecule has 2 aromatic rings. The molecule has 114 valence electrons. The summed E-state index contributed by atoms with van der Waals surface area (Å²) in [5.41, 5.74) is 4.14. The van der Waals surface area contributed by atoms with Crippen LogP contribution in [-0.2, 0) is 6.42 Å². The van der Waals surface area contributed by atoms with Crippen LogP contribution < -0.4 is 0 Å². The lowest BCUT2D eigenvalue weighted by Crippen LogP contribution is -2.46. The highest BCUT2D eigenvalue weighted by Crippen LogP contribution is 2.45. The van der Waals surface area contributed by atoms with Crippen LogP contribution in [0.1, 0.15) is 43.5 Å². The lowest BCUT2D eigenvalue weighted by Gasteiger charge is -2.46. The van der Waals surface area contributed by atoms with E-state index in [1.165, 1.54) is 41.5 Å². The molecule has 2 aliphatic heterocycles. The Bertz CT molecular complexity index is 724. The van der Waals surface area contributed by atoms with Crippen LogP contribution in [0.3, 0.4) is 0 Å². The average Bonchev–Trinajstić information content (AvgIpc) is 2.93. The van der Waals surface area contributed by atoms with Gasteiger partial charge in [-0.15, -0.1) is 0 Å². The van der Waals surface area contributed by atoms with E-state index >= 15 is 0 Å². The molecule has 1 aromatic heterocycles. The molecule has 0 saturated carbocycles. The minimum Gasteiger partial charge on any atom is -0.357 e. The molecule has 1 N–H and O–H groups in total. The topological polar surface area (TPSA) is 42.8 Å². The third-order valence-electron chi connectivity index (χ3n) is 5.69. The molecule has 3 heterocycles. The fraction of sp³-hybridized carbons (Fsp3) is 0.526. The molecular weight excluding hydrogens is 270 g/mol. The fourth-order valence-electron chi connectivity index (χ4n) is 4.63. The van der Waals surface area contributed by atoms with E-state index in [2.05, 4.69) is 47.1 Å². The van der Waals surface area contributed by atoms with Gasteiger partial charge in [0.2, 0.25) is 0 Å². The van der Waals surface area contributed by atoms with Crippen LogP contribution in [0.5, 0.6) is 0 Å². The molecule has 1 fully saturated rings. The van der Waals surface area contributed by atoms with Gasteiger partial charge in [0.1, 0.15) is 0 Å². The Morgan fingerprint density at radius 2 is 2.23 bits per heavy atom. The second-order valence-electron chi connectivity index (χ2n) is 6.88. The Morgan fingerprint density at radius 3 is 3.05 bits per heavy atom. The summed E-state index contributed by atoms with van der Waals surface area (Å²) in [6.45, 7) is 4.61. The van der Waals surface area contributed by atoms with Gasteiger partial charge in [-0.05, 0) is 36.3 Å². The van der Waals surface area contributed by atoms with Crippen molar-refractivity contribution in [3.8, 4) is 6.07 Å². The molecule has 3 nitrogen and oxygen atoms in total. The van der Waals surface area contributed by atoms with Crippen LogP contribution in [0.2, 0.25) is 0 Å². The predicted molar refractivity (Wildman–Crippen MR) is 88.4 cm³/mol.